The van der Waals surface area contributed by atoms with E-state index in [1.54, 1.807) is 18.7 Å². The standard InChI is InChI=1S/C18H25N3O6S/c1-13(2)27-17(23)12-19-18(24)15-5-4-6-16(11-15)28(25,26)21-9-7-20(8-10-21)14(3)22/h4-6,11,13H,7-10,12H2,1-3H3,(H,19,24). The maximum Gasteiger partial charge on any atom is 0.325 e. The third-order valence-corrected chi connectivity index (χ3v) is 6.07. The molecule has 1 N–H and O–H groups in total. The van der Waals surface area contributed by atoms with Gasteiger partial charge in [-0.1, -0.05) is 6.07 Å². The molecule has 0 bridgehead atoms. The summed E-state index contributed by atoms with van der Waals surface area (Å²) in [5.41, 5.74) is 0.126. The van der Waals surface area contributed by atoms with Crippen molar-refractivity contribution < 1.29 is 27.5 Å². The zero-order valence-electron chi connectivity index (χ0n) is 16.2. The second kappa shape index (κ2) is 9.16. The predicted octanol–water partition coefficient (Wildman–Crippen LogP) is 0.221. The van der Waals surface area contributed by atoms with Crippen LogP contribution < -0.4 is 5.32 Å². The van der Waals surface area contributed by atoms with Crippen molar-refractivity contribution in [3.8, 4) is 0 Å². The SMILES string of the molecule is CC(=O)N1CCN(S(=O)(=O)c2cccc(C(=O)NCC(=O)OC(C)C)c2)CC1. The molecule has 0 aliphatic carbocycles. The molecule has 1 saturated heterocycles. The number of esters is 1. The largest absolute Gasteiger partial charge is 0.462 e. The number of carbonyl (C=O) groups excluding carboxylic acids is 3. The molecule has 9 nitrogen and oxygen atoms in total. The van der Waals surface area contributed by atoms with Gasteiger partial charge in [-0.3, -0.25) is 14.4 Å². The summed E-state index contributed by atoms with van der Waals surface area (Å²) in [5.74, 6) is -1.23. The number of nitrogens with zero attached hydrogens (tertiary/aromatic N) is 2. The van der Waals surface area contributed by atoms with Crippen molar-refractivity contribution in [2.45, 2.75) is 31.8 Å². The Morgan fingerprint density at radius 1 is 1.14 bits per heavy atom. The average Bonchev–Trinajstić information content (AvgIpc) is 2.65. The zero-order chi connectivity index (χ0) is 20.9. The Bertz CT molecular complexity index is 845. The number of benzene rings is 1. The lowest BCUT2D eigenvalue weighted by molar-refractivity contribution is -0.146. The first-order valence-corrected chi connectivity index (χ1v) is 10.4. The first-order chi connectivity index (χ1) is 13.1. The molecule has 10 heteroatoms. The minimum atomic E-state index is -3.79. The molecular weight excluding hydrogens is 386 g/mol. The molecule has 1 fully saturated rings. The highest BCUT2D eigenvalue weighted by atomic mass is 32.2. The summed E-state index contributed by atoms with van der Waals surface area (Å²) in [6.07, 6.45) is -0.290. The highest BCUT2D eigenvalue weighted by molar-refractivity contribution is 7.89. The normalized spacial score (nSPS) is 15.4. The van der Waals surface area contributed by atoms with Crippen LogP contribution in [0.5, 0.6) is 0 Å². The summed E-state index contributed by atoms with van der Waals surface area (Å²) in [4.78, 5) is 36.7. The van der Waals surface area contributed by atoms with Gasteiger partial charge in [0.2, 0.25) is 15.9 Å². The molecule has 0 unspecified atom stereocenters. The van der Waals surface area contributed by atoms with Gasteiger partial charge in [0.25, 0.3) is 5.91 Å². The number of sulfonamides is 1. The highest BCUT2D eigenvalue weighted by Gasteiger charge is 2.29. The smallest absolute Gasteiger partial charge is 0.325 e. The van der Waals surface area contributed by atoms with E-state index in [4.69, 9.17) is 4.74 Å². The Hall–Kier alpha value is -2.46. The van der Waals surface area contributed by atoms with Crippen molar-refractivity contribution in [1.82, 2.24) is 14.5 Å². The number of nitrogens with one attached hydrogen (secondary N) is 1. The first-order valence-electron chi connectivity index (χ1n) is 8.94. The third-order valence-electron chi connectivity index (χ3n) is 4.18. The van der Waals surface area contributed by atoms with Gasteiger partial charge in [0, 0.05) is 38.7 Å². The maximum atomic E-state index is 12.8. The van der Waals surface area contributed by atoms with Gasteiger partial charge in [0.15, 0.2) is 0 Å². The Balaban J connectivity index is 2.06. The van der Waals surface area contributed by atoms with Crippen LogP contribution in [0.4, 0.5) is 0 Å². The van der Waals surface area contributed by atoms with Crippen LogP contribution in [-0.2, 0) is 24.3 Å². The predicted molar refractivity (Wildman–Crippen MR) is 101 cm³/mol. The zero-order valence-corrected chi connectivity index (χ0v) is 17.0. The fourth-order valence-electron chi connectivity index (χ4n) is 2.75. The van der Waals surface area contributed by atoms with Crippen LogP contribution in [0.1, 0.15) is 31.1 Å². The average molecular weight is 411 g/mol. The lowest BCUT2D eigenvalue weighted by atomic mass is 10.2. The van der Waals surface area contributed by atoms with Crippen molar-refractivity contribution >= 4 is 27.8 Å². The molecule has 1 aromatic carbocycles. The fourth-order valence-corrected chi connectivity index (χ4v) is 4.22. The Morgan fingerprint density at radius 2 is 1.79 bits per heavy atom. The molecule has 1 aliphatic rings. The van der Waals surface area contributed by atoms with E-state index < -0.39 is 21.9 Å². The van der Waals surface area contributed by atoms with Gasteiger partial charge in [-0.15, -0.1) is 0 Å². The molecule has 0 atom stereocenters. The van der Waals surface area contributed by atoms with E-state index in [9.17, 15) is 22.8 Å². The Labute approximate surface area is 164 Å². The first kappa shape index (κ1) is 21.8. The van der Waals surface area contributed by atoms with Crippen molar-refractivity contribution in [1.29, 1.82) is 0 Å². The van der Waals surface area contributed by atoms with Gasteiger partial charge in [-0.25, -0.2) is 8.42 Å². The second-order valence-corrected chi connectivity index (χ2v) is 8.60. The number of piperazine rings is 1. The van der Waals surface area contributed by atoms with Crippen molar-refractivity contribution in [2.24, 2.45) is 0 Å². The third kappa shape index (κ3) is 5.52. The van der Waals surface area contributed by atoms with E-state index in [0.717, 1.165) is 0 Å². The molecule has 1 heterocycles. The minimum Gasteiger partial charge on any atom is -0.462 e. The van der Waals surface area contributed by atoms with Crippen molar-refractivity contribution in [3.63, 3.8) is 0 Å². The van der Waals surface area contributed by atoms with E-state index in [0.29, 0.717) is 13.1 Å². The van der Waals surface area contributed by atoms with Gasteiger partial charge in [0.05, 0.1) is 11.0 Å². The number of hydrogen-bond donors (Lipinski definition) is 1. The number of hydrogen-bond acceptors (Lipinski definition) is 6. The van der Waals surface area contributed by atoms with Crippen LogP contribution in [-0.4, -0.2) is 74.2 Å². The molecule has 154 valence electrons. The lowest BCUT2D eigenvalue weighted by Gasteiger charge is -2.33. The quantitative estimate of drug-likeness (QED) is 0.670. The van der Waals surface area contributed by atoms with E-state index in [1.807, 2.05) is 0 Å². The summed E-state index contributed by atoms with van der Waals surface area (Å²) in [6.45, 7) is 5.58. The van der Waals surface area contributed by atoms with Gasteiger partial charge in [0.1, 0.15) is 6.54 Å². The number of amides is 2. The summed E-state index contributed by atoms with van der Waals surface area (Å²) >= 11 is 0. The van der Waals surface area contributed by atoms with Crippen LogP contribution in [0.25, 0.3) is 0 Å². The van der Waals surface area contributed by atoms with Crippen LogP contribution in [0.3, 0.4) is 0 Å². The summed E-state index contributed by atoms with van der Waals surface area (Å²) in [5, 5.41) is 2.41. The van der Waals surface area contributed by atoms with Crippen LogP contribution >= 0.6 is 0 Å². The second-order valence-electron chi connectivity index (χ2n) is 6.66. The summed E-state index contributed by atoms with van der Waals surface area (Å²) in [6, 6.07) is 5.63. The molecule has 0 spiro atoms. The molecule has 2 rings (SSSR count). The Morgan fingerprint density at radius 3 is 2.36 bits per heavy atom. The molecule has 28 heavy (non-hydrogen) atoms. The highest BCUT2D eigenvalue weighted by Crippen LogP contribution is 2.19. The van der Waals surface area contributed by atoms with E-state index >= 15 is 0 Å². The molecule has 2 amide bonds. The van der Waals surface area contributed by atoms with Gasteiger partial charge in [-0.05, 0) is 32.0 Å². The summed E-state index contributed by atoms with van der Waals surface area (Å²) in [7, 11) is -3.79. The van der Waals surface area contributed by atoms with Crippen LogP contribution in [0.2, 0.25) is 0 Å². The van der Waals surface area contributed by atoms with Crippen LogP contribution in [0, 0.1) is 0 Å². The lowest BCUT2D eigenvalue weighted by Crippen LogP contribution is -2.49. The number of carbonyl (C=O) groups is 3. The van der Waals surface area contributed by atoms with Gasteiger partial charge >= 0.3 is 5.97 Å². The monoisotopic (exact) mass is 411 g/mol. The van der Waals surface area contributed by atoms with E-state index in [2.05, 4.69) is 5.32 Å². The van der Waals surface area contributed by atoms with E-state index in [-0.39, 0.29) is 42.1 Å². The van der Waals surface area contributed by atoms with Crippen molar-refractivity contribution in [3.05, 3.63) is 29.8 Å². The molecule has 1 aliphatic heterocycles. The molecule has 0 radical (unpaired) electrons. The number of rotatable bonds is 6. The van der Waals surface area contributed by atoms with Gasteiger partial charge in [-0.2, -0.15) is 4.31 Å². The minimum absolute atomic E-state index is 0.0128. The maximum absolute atomic E-state index is 12.8. The van der Waals surface area contributed by atoms with Crippen molar-refractivity contribution in [2.75, 3.05) is 32.7 Å². The molecular formula is C18H25N3O6S. The topological polar surface area (TPSA) is 113 Å². The number of ether oxygens (including phenoxy) is 1. The van der Waals surface area contributed by atoms with E-state index in [1.165, 1.54) is 35.5 Å². The molecule has 0 saturated carbocycles. The van der Waals surface area contributed by atoms with Gasteiger partial charge < -0.3 is 15.0 Å². The fraction of sp³-hybridized carbons (Fsp3) is 0.500. The van der Waals surface area contributed by atoms with Crippen LogP contribution in [0.15, 0.2) is 29.2 Å². The molecule has 0 aromatic heterocycles. The Kier molecular flexibility index (Phi) is 7.14. The molecule has 1 aromatic rings. The summed E-state index contributed by atoms with van der Waals surface area (Å²) < 4.78 is 31.9.